The minimum absolute atomic E-state index is 0.0653. The van der Waals surface area contributed by atoms with Gasteiger partial charge in [-0.3, -0.25) is 4.55 Å². The Bertz CT molecular complexity index is 262. The molecule has 1 saturated carbocycles. The third kappa shape index (κ3) is 3.00. The van der Waals surface area contributed by atoms with Crippen molar-refractivity contribution >= 4 is 10.1 Å². The van der Waals surface area contributed by atoms with Gasteiger partial charge in [0.05, 0.1) is 17.6 Å². The van der Waals surface area contributed by atoms with Crippen LogP contribution in [0.25, 0.3) is 0 Å². The van der Waals surface area contributed by atoms with Gasteiger partial charge in [0.1, 0.15) is 0 Å². The molecule has 4 nitrogen and oxygen atoms in total. The number of hydrogen-bond donors (Lipinski definition) is 1. The first-order chi connectivity index (χ1) is 6.04. The van der Waals surface area contributed by atoms with Gasteiger partial charge < -0.3 is 4.74 Å². The molecule has 76 valence electrons. The molecule has 0 bridgehead atoms. The average molecular weight is 206 g/mol. The summed E-state index contributed by atoms with van der Waals surface area (Å²) in [6, 6.07) is 0. The Morgan fingerprint density at radius 1 is 1.31 bits per heavy atom. The summed E-state index contributed by atoms with van der Waals surface area (Å²) in [4.78, 5) is 0. The Hall–Kier alpha value is -0.550. The molecule has 1 rings (SSSR count). The zero-order chi connectivity index (χ0) is 9.90. The van der Waals surface area contributed by atoms with Crippen LogP contribution < -0.4 is 0 Å². The number of rotatable bonds is 3. The minimum atomic E-state index is -3.85. The fourth-order valence-corrected chi connectivity index (χ4v) is 2.47. The van der Waals surface area contributed by atoms with Crippen LogP contribution in [0.15, 0.2) is 12.8 Å². The second-order valence-electron chi connectivity index (χ2n) is 3.22. The van der Waals surface area contributed by atoms with Crippen molar-refractivity contribution in [3.63, 3.8) is 0 Å². The van der Waals surface area contributed by atoms with Gasteiger partial charge in [-0.25, -0.2) is 0 Å². The molecule has 0 spiro atoms. The highest BCUT2D eigenvalue weighted by atomic mass is 32.2. The first-order valence-corrected chi connectivity index (χ1v) is 5.77. The molecule has 0 aromatic heterocycles. The molecule has 1 fully saturated rings. The molecular weight excluding hydrogens is 192 g/mol. The molecule has 1 aliphatic carbocycles. The lowest BCUT2D eigenvalue weighted by Crippen LogP contribution is -2.29. The van der Waals surface area contributed by atoms with Gasteiger partial charge in [-0.05, 0) is 25.7 Å². The standard InChI is InChI=1S/C8H14O4S/c1-2-12-7-3-5-8(6-4-7)13(9,10)11/h2,7-8H,1,3-6H2,(H,9,10,11). The van der Waals surface area contributed by atoms with Crippen LogP contribution >= 0.6 is 0 Å². The van der Waals surface area contributed by atoms with Crippen LogP contribution in [0.1, 0.15) is 25.7 Å². The van der Waals surface area contributed by atoms with E-state index in [2.05, 4.69) is 6.58 Å². The summed E-state index contributed by atoms with van der Waals surface area (Å²) in [6.45, 7) is 3.43. The summed E-state index contributed by atoms with van der Waals surface area (Å²) in [7, 11) is -3.85. The minimum Gasteiger partial charge on any atom is -0.499 e. The Morgan fingerprint density at radius 3 is 2.23 bits per heavy atom. The van der Waals surface area contributed by atoms with Gasteiger partial charge in [0.2, 0.25) is 0 Å². The van der Waals surface area contributed by atoms with Crippen molar-refractivity contribution < 1.29 is 17.7 Å². The fraction of sp³-hybridized carbons (Fsp3) is 0.750. The maximum atomic E-state index is 10.7. The van der Waals surface area contributed by atoms with E-state index in [1.54, 1.807) is 0 Å². The van der Waals surface area contributed by atoms with Gasteiger partial charge in [0, 0.05) is 0 Å². The van der Waals surface area contributed by atoms with Crippen molar-refractivity contribution in [1.29, 1.82) is 0 Å². The zero-order valence-electron chi connectivity index (χ0n) is 7.35. The quantitative estimate of drug-likeness (QED) is 0.559. The zero-order valence-corrected chi connectivity index (χ0v) is 8.16. The van der Waals surface area contributed by atoms with Crippen molar-refractivity contribution in [3.8, 4) is 0 Å². The van der Waals surface area contributed by atoms with E-state index in [0.717, 1.165) is 0 Å². The Morgan fingerprint density at radius 2 is 1.85 bits per heavy atom. The molecule has 1 aliphatic rings. The van der Waals surface area contributed by atoms with Gasteiger partial charge in [-0.1, -0.05) is 6.58 Å². The molecule has 0 atom stereocenters. The van der Waals surface area contributed by atoms with Crippen molar-refractivity contribution in [2.75, 3.05) is 0 Å². The van der Waals surface area contributed by atoms with Gasteiger partial charge in [0.25, 0.3) is 10.1 Å². The summed E-state index contributed by atoms with van der Waals surface area (Å²) < 4.78 is 35.4. The summed E-state index contributed by atoms with van der Waals surface area (Å²) in [6.07, 6.45) is 3.70. The second-order valence-corrected chi connectivity index (χ2v) is 4.91. The molecule has 0 heterocycles. The molecule has 5 heteroatoms. The van der Waals surface area contributed by atoms with Crippen LogP contribution in [0.2, 0.25) is 0 Å². The second kappa shape index (κ2) is 4.11. The maximum Gasteiger partial charge on any atom is 0.267 e. The highest BCUT2D eigenvalue weighted by Crippen LogP contribution is 2.25. The van der Waals surface area contributed by atoms with E-state index in [1.165, 1.54) is 6.26 Å². The molecule has 0 aromatic rings. The Balaban J connectivity index is 2.43. The largest absolute Gasteiger partial charge is 0.499 e. The lowest BCUT2D eigenvalue weighted by molar-refractivity contribution is 0.107. The summed E-state index contributed by atoms with van der Waals surface area (Å²) in [5, 5.41) is -0.600. The van der Waals surface area contributed by atoms with Gasteiger partial charge >= 0.3 is 0 Å². The third-order valence-corrected chi connectivity index (χ3v) is 3.65. The highest BCUT2D eigenvalue weighted by molar-refractivity contribution is 7.86. The normalized spacial score (nSPS) is 29.6. The lowest BCUT2D eigenvalue weighted by atomic mass is 9.97. The van der Waals surface area contributed by atoms with E-state index in [9.17, 15) is 8.42 Å². The van der Waals surface area contributed by atoms with E-state index >= 15 is 0 Å². The van der Waals surface area contributed by atoms with E-state index in [1.807, 2.05) is 0 Å². The van der Waals surface area contributed by atoms with E-state index < -0.39 is 15.4 Å². The van der Waals surface area contributed by atoms with E-state index in [-0.39, 0.29) is 6.10 Å². The molecule has 0 radical (unpaired) electrons. The highest BCUT2D eigenvalue weighted by Gasteiger charge is 2.29. The van der Waals surface area contributed by atoms with Crippen molar-refractivity contribution in [3.05, 3.63) is 12.8 Å². The topological polar surface area (TPSA) is 63.6 Å². The Labute approximate surface area is 78.3 Å². The molecule has 0 unspecified atom stereocenters. The van der Waals surface area contributed by atoms with Crippen molar-refractivity contribution in [2.24, 2.45) is 0 Å². The molecule has 1 N–H and O–H groups in total. The molecule has 0 amide bonds. The van der Waals surface area contributed by atoms with Crippen LogP contribution in [0.4, 0.5) is 0 Å². The first-order valence-electron chi connectivity index (χ1n) is 4.26. The van der Waals surface area contributed by atoms with E-state index in [0.29, 0.717) is 25.7 Å². The van der Waals surface area contributed by atoms with Gasteiger partial charge in [-0.15, -0.1) is 0 Å². The summed E-state index contributed by atoms with van der Waals surface area (Å²) in [5.41, 5.74) is 0. The smallest absolute Gasteiger partial charge is 0.267 e. The number of ether oxygens (including phenoxy) is 1. The molecule has 0 saturated heterocycles. The van der Waals surface area contributed by atoms with Crippen molar-refractivity contribution in [2.45, 2.75) is 37.0 Å². The summed E-state index contributed by atoms with van der Waals surface area (Å²) >= 11 is 0. The van der Waals surface area contributed by atoms with Crippen molar-refractivity contribution in [1.82, 2.24) is 0 Å². The van der Waals surface area contributed by atoms with Crippen LogP contribution in [-0.2, 0) is 14.9 Å². The molecular formula is C8H14O4S. The maximum absolute atomic E-state index is 10.7. The third-order valence-electron chi connectivity index (χ3n) is 2.33. The Kier molecular flexibility index (Phi) is 3.33. The average Bonchev–Trinajstić information content (AvgIpc) is 2.04. The van der Waals surface area contributed by atoms with Crippen LogP contribution in [0.5, 0.6) is 0 Å². The van der Waals surface area contributed by atoms with Crippen LogP contribution in [0, 0.1) is 0 Å². The van der Waals surface area contributed by atoms with Crippen LogP contribution in [0.3, 0.4) is 0 Å². The van der Waals surface area contributed by atoms with Gasteiger partial charge in [-0.2, -0.15) is 8.42 Å². The predicted octanol–water partition coefficient (Wildman–Crippen LogP) is 1.35. The predicted molar refractivity (Wildman–Crippen MR) is 48.9 cm³/mol. The van der Waals surface area contributed by atoms with Crippen LogP contribution in [-0.4, -0.2) is 24.3 Å². The SMILES string of the molecule is C=COC1CCC(S(=O)(=O)O)CC1. The first kappa shape index (κ1) is 10.5. The fourth-order valence-electron chi connectivity index (χ4n) is 1.60. The summed E-state index contributed by atoms with van der Waals surface area (Å²) in [5.74, 6) is 0. The molecule has 0 aromatic carbocycles. The monoisotopic (exact) mass is 206 g/mol. The lowest BCUT2D eigenvalue weighted by Gasteiger charge is -2.25. The van der Waals surface area contributed by atoms with Gasteiger partial charge in [0.15, 0.2) is 0 Å². The molecule has 13 heavy (non-hydrogen) atoms. The van der Waals surface area contributed by atoms with E-state index in [4.69, 9.17) is 9.29 Å². The molecule has 0 aliphatic heterocycles. The number of hydrogen-bond acceptors (Lipinski definition) is 3.